The number of hydrogen-bond acceptors (Lipinski definition) is 4. The molecule has 17 heavy (non-hydrogen) atoms. The number of anilines is 1. The van der Waals surface area contributed by atoms with Crippen molar-refractivity contribution < 1.29 is 4.79 Å². The molecule has 1 aliphatic heterocycles. The van der Waals surface area contributed by atoms with Crippen LogP contribution in [-0.2, 0) is 4.79 Å². The fourth-order valence-electron chi connectivity index (χ4n) is 2.14. The lowest BCUT2D eigenvalue weighted by atomic mass is 9.93. The van der Waals surface area contributed by atoms with Gasteiger partial charge in [0.1, 0.15) is 5.82 Å². The highest BCUT2D eigenvalue weighted by atomic mass is 35.5. The molecule has 2 atom stereocenters. The molecule has 0 bridgehead atoms. The van der Waals surface area contributed by atoms with E-state index in [1.807, 2.05) is 0 Å². The fourth-order valence-corrected chi connectivity index (χ4v) is 2.29. The molecule has 1 fully saturated rings. The van der Waals surface area contributed by atoms with Crippen molar-refractivity contribution in [1.82, 2.24) is 9.97 Å². The average Bonchev–Trinajstić information content (AvgIpc) is 2.29. The first-order chi connectivity index (χ1) is 8.08. The van der Waals surface area contributed by atoms with Crippen molar-refractivity contribution in [2.75, 3.05) is 11.4 Å². The van der Waals surface area contributed by atoms with E-state index in [0.717, 1.165) is 18.7 Å². The number of nitrogens with two attached hydrogens (primary N) is 1. The van der Waals surface area contributed by atoms with Crippen molar-refractivity contribution in [2.45, 2.75) is 25.8 Å². The average molecular weight is 255 g/mol. The number of piperidine rings is 1. The number of nitrogens with zero attached hydrogens (tertiary/aromatic N) is 3. The van der Waals surface area contributed by atoms with Gasteiger partial charge in [-0.05, 0) is 37.4 Å². The quantitative estimate of drug-likeness (QED) is 0.806. The minimum absolute atomic E-state index is 0.111. The molecule has 1 aromatic rings. The van der Waals surface area contributed by atoms with Gasteiger partial charge in [0.15, 0.2) is 0 Å². The van der Waals surface area contributed by atoms with E-state index in [4.69, 9.17) is 17.3 Å². The highest BCUT2D eigenvalue weighted by molar-refractivity contribution is 6.28. The number of halogens is 1. The molecule has 6 heteroatoms. The van der Waals surface area contributed by atoms with Gasteiger partial charge in [0, 0.05) is 18.8 Å². The molecular formula is C11H15ClN4O. The van der Waals surface area contributed by atoms with Crippen LogP contribution in [0.5, 0.6) is 0 Å². The highest BCUT2D eigenvalue weighted by Gasteiger charge is 2.29. The third kappa shape index (κ3) is 2.66. The van der Waals surface area contributed by atoms with E-state index < -0.39 is 0 Å². The van der Waals surface area contributed by atoms with Crippen molar-refractivity contribution in [1.29, 1.82) is 0 Å². The number of aromatic nitrogens is 2. The SMILES string of the molecule is CC1CCC(C(N)=O)CN1c1ccnc(Cl)n1. The summed E-state index contributed by atoms with van der Waals surface area (Å²) in [6, 6.07) is 2.13. The van der Waals surface area contributed by atoms with Crippen LogP contribution in [0, 0.1) is 5.92 Å². The third-order valence-electron chi connectivity index (χ3n) is 3.19. The summed E-state index contributed by atoms with van der Waals surface area (Å²) in [6.07, 6.45) is 3.38. The molecule has 0 aromatic carbocycles. The maximum atomic E-state index is 11.2. The molecule has 1 aromatic heterocycles. The van der Waals surface area contributed by atoms with Crippen molar-refractivity contribution in [3.63, 3.8) is 0 Å². The van der Waals surface area contributed by atoms with Crippen LogP contribution in [0.15, 0.2) is 12.3 Å². The molecule has 5 nitrogen and oxygen atoms in total. The number of amides is 1. The Hall–Kier alpha value is -1.36. The zero-order chi connectivity index (χ0) is 12.4. The van der Waals surface area contributed by atoms with E-state index >= 15 is 0 Å². The molecule has 1 aliphatic rings. The number of carbonyl (C=O) groups excluding carboxylic acids is 1. The Bertz CT molecular complexity index is 426. The second kappa shape index (κ2) is 4.87. The summed E-state index contributed by atoms with van der Waals surface area (Å²) in [5.74, 6) is 0.394. The van der Waals surface area contributed by atoms with Crippen molar-refractivity contribution >= 4 is 23.3 Å². The van der Waals surface area contributed by atoms with Crippen LogP contribution in [-0.4, -0.2) is 28.5 Å². The van der Waals surface area contributed by atoms with Crippen LogP contribution >= 0.6 is 11.6 Å². The van der Waals surface area contributed by atoms with Gasteiger partial charge >= 0.3 is 0 Å². The molecule has 92 valence electrons. The Morgan fingerprint density at radius 3 is 3.00 bits per heavy atom. The Balaban J connectivity index is 2.20. The topological polar surface area (TPSA) is 72.1 Å². The molecule has 2 rings (SSSR count). The molecule has 0 aliphatic carbocycles. The van der Waals surface area contributed by atoms with Gasteiger partial charge in [-0.25, -0.2) is 9.97 Å². The lowest BCUT2D eigenvalue weighted by molar-refractivity contribution is -0.122. The lowest BCUT2D eigenvalue weighted by Gasteiger charge is -2.37. The maximum Gasteiger partial charge on any atom is 0.224 e. The largest absolute Gasteiger partial charge is 0.369 e. The first-order valence-electron chi connectivity index (χ1n) is 5.62. The molecule has 2 heterocycles. The van der Waals surface area contributed by atoms with Crippen LogP contribution < -0.4 is 10.6 Å². The Morgan fingerprint density at radius 1 is 1.59 bits per heavy atom. The zero-order valence-corrected chi connectivity index (χ0v) is 10.4. The number of rotatable bonds is 2. The van der Waals surface area contributed by atoms with Gasteiger partial charge in [0.25, 0.3) is 0 Å². The molecular weight excluding hydrogens is 240 g/mol. The second-order valence-electron chi connectivity index (χ2n) is 4.36. The van der Waals surface area contributed by atoms with Gasteiger partial charge in [0.05, 0.1) is 5.92 Å². The molecule has 2 unspecified atom stereocenters. The van der Waals surface area contributed by atoms with Crippen molar-refractivity contribution in [3.05, 3.63) is 17.5 Å². The van der Waals surface area contributed by atoms with Crippen LogP contribution in [0.1, 0.15) is 19.8 Å². The number of hydrogen-bond donors (Lipinski definition) is 1. The van der Waals surface area contributed by atoms with E-state index in [-0.39, 0.29) is 17.1 Å². The predicted molar refractivity (Wildman–Crippen MR) is 65.8 cm³/mol. The van der Waals surface area contributed by atoms with E-state index in [0.29, 0.717) is 12.6 Å². The molecule has 2 N–H and O–H groups in total. The van der Waals surface area contributed by atoms with E-state index in [2.05, 4.69) is 21.8 Å². The first-order valence-corrected chi connectivity index (χ1v) is 6.00. The summed E-state index contributed by atoms with van der Waals surface area (Å²) >= 11 is 5.77. The lowest BCUT2D eigenvalue weighted by Crippen LogP contribution is -2.46. The van der Waals surface area contributed by atoms with E-state index in [1.165, 1.54) is 0 Å². The highest BCUT2D eigenvalue weighted by Crippen LogP contribution is 2.26. The Kier molecular flexibility index (Phi) is 3.47. The predicted octanol–water partition coefficient (Wildman–Crippen LogP) is 1.22. The molecule has 0 radical (unpaired) electrons. The van der Waals surface area contributed by atoms with Crippen molar-refractivity contribution in [2.24, 2.45) is 11.7 Å². The minimum atomic E-state index is -0.248. The van der Waals surface area contributed by atoms with Crippen LogP contribution in [0.25, 0.3) is 0 Å². The fraction of sp³-hybridized carbons (Fsp3) is 0.545. The second-order valence-corrected chi connectivity index (χ2v) is 4.70. The standard InChI is InChI=1S/C11H15ClN4O/c1-7-2-3-8(10(13)17)6-16(7)9-4-5-14-11(12)15-9/h4-5,7-8H,2-3,6H2,1H3,(H2,13,17). The smallest absolute Gasteiger partial charge is 0.224 e. The Labute approximate surface area is 105 Å². The third-order valence-corrected chi connectivity index (χ3v) is 3.37. The molecule has 1 amide bonds. The number of primary amides is 1. The normalized spacial score (nSPS) is 24.7. The van der Waals surface area contributed by atoms with Crippen LogP contribution in [0.3, 0.4) is 0 Å². The number of carbonyl (C=O) groups is 1. The van der Waals surface area contributed by atoms with E-state index in [1.54, 1.807) is 12.3 Å². The van der Waals surface area contributed by atoms with Gasteiger partial charge in [-0.3, -0.25) is 4.79 Å². The van der Waals surface area contributed by atoms with Gasteiger partial charge < -0.3 is 10.6 Å². The first kappa shape index (κ1) is 12.1. The van der Waals surface area contributed by atoms with Gasteiger partial charge in [-0.2, -0.15) is 0 Å². The van der Waals surface area contributed by atoms with Crippen LogP contribution in [0.2, 0.25) is 5.28 Å². The van der Waals surface area contributed by atoms with Crippen LogP contribution in [0.4, 0.5) is 5.82 Å². The minimum Gasteiger partial charge on any atom is -0.369 e. The Morgan fingerprint density at radius 2 is 2.35 bits per heavy atom. The van der Waals surface area contributed by atoms with E-state index in [9.17, 15) is 4.79 Å². The van der Waals surface area contributed by atoms with Gasteiger partial charge in [-0.1, -0.05) is 0 Å². The summed E-state index contributed by atoms with van der Waals surface area (Å²) < 4.78 is 0. The molecule has 0 saturated carbocycles. The van der Waals surface area contributed by atoms with Crippen molar-refractivity contribution in [3.8, 4) is 0 Å². The van der Waals surface area contributed by atoms with Gasteiger partial charge in [-0.15, -0.1) is 0 Å². The molecule has 0 spiro atoms. The summed E-state index contributed by atoms with van der Waals surface area (Å²) in [7, 11) is 0. The molecule has 1 saturated heterocycles. The summed E-state index contributed by atoms with van der Waals surface area (Å²) in [4.78, 5) is 21.3. The monoisotopic (exact) mass is 254 g/mol. The maximum absolute atomic E-state index is 11.2. The summed E-state index contributed by atoms with van der Waals surface area (Å²) in [5, 5.41) is 0.218. The summed E-state index contributed by atoms with van der Waals surface area (Å²) in [6.45, 7) is 2.71. The van der Waals surface area contributed by atoms with Gasteiger partial charge in [0.2, 0.25) is 11.2 Å². The summed E-state index contributed by atoms with van der Waals surface area (Å²) in [5.41, 5.74) is 5.36. The zero-order valence-electron chi connectivity index (χ0n) is 9.64.